The van der Waals surface area contributed by atoms with Gasteiger partial charge in [0.05, 0.1) is 5.75 Å². The number of ether oxygens (including phenoxy) is 1. The highest BCUT2D eigenvalue weighted by Crippen LogP contribution is 2.07. The van der Waals surface area contributed by atoms with E-state index in [0.29, 0.717) is 12.1 Å². The molecular formula is C16H18N2O4S. The number of hydrogen-bond acceptors (Lipinski definition) is 4. The monoisotopic (exact) mass is 334 g/mol. The van der Waals surface area contributed by atoms with E-state index >= 15 is 0 Å². The minimum absolute atomic E-state index is 0.208. The fourth-order valence-corrected chi connectivity index (χ4v) is 2.59. The summed E-state index contributed by atoms with van der Waals surface area (Å²) >= 11 is 0. The van der Waals surface area contributed by atoms with Crippen LogP contribution in [0.25, 0.3) is 0 Å². The third-order valence-corrected chi connectivity index (χ3v) is 3.78. The average molecular weight is 334 g/mol. The highest BCUT2D eigenvalue weighted by atomic mass is 32.2. The minimum Gasteiger partial charge on any atom is -0.445 e. The number of nitrogens with two attached hydrogens (primary N) is 1. The molecule has 0 saturated heterocycles. The second kappa shape index (κ2) is 7.75. The topological polar surface area (TPSA) is 98.5 Å². The molecule has 0 saturated carbocycles. The van der Waals surface area contributed by atoms with Crippen LogP contribution in [0.15, 0.2) is 54.6 Å². The summed E-state index contributed by atoms with van der Waals surface area (Å²) in [6.07, 6.45) is -0.512. The molecule has 0 unspecified atom stereocenters. The molecular weight excluding hydrogens is 316 g/mol. The molecule has 2 aromatic carbocycles. The lowest BCUT2D eigenvalue weighted by molar-refractivity contribution is 0.139. The van der Waals surface area contributed by atoms with Crippen molar-refractivity contribution in [2.75, 3.05) is 0 Å². The van der Waals surface area contributed by atoms with E-state index < -0.39 is 16.1 Å². The van der Waals surface area contributed by atoms with Crippen LogP contribution < -0.4 is 10.5 Å². The number of carbonyl (C=O) groups is 1. The van der Waals surface area contributed by atoms with Gasteiger partial charge in [0, 0.05) is 6.54 Å². The number of amides is 1. The first kappa shape index (κ1) is 17.0. The van der Waals surface area contributed by atoms with Gasteiger partial charge in [0.15, 0.2) is 0 Å². The van der Waals surface area contributed by atoms with Crippen LogP contribution in [0, 0.1) is 0 Å². The van der Waals surface area contributed by atoms with Crippen molar-refractivity contribution in [3.8, 4) is 0 Å². The molecule has 0 radical (unpaired) electrons. The molecule has 0 aromatic heterocycles. The fourth-order valence-electron chi connectivity index (χ4n) is 1.93. The van der Waals surface area contributed by atoms with Gasteiger partial charge >= 0.3 is 6.09 Å². The van der Waals surface area contributed by atoms with Crippen LogP contribution in [0.1, 0.15) is 16.7 Å². The Bertz CT molecular complexity index is 743. The Hall–Kier alpha value is -2.38. The van der Waals surface area contributed by atoms with Crippen molar-refractivity contribution in [2.24, 2.45) is 5.14 Å². The van der Waals surface area contributed by atoms with Gasteiger partial charge in [-0.15, -0.1) is 0 Å². The van der Waals surface area contributed by atoms with Crippen molar-refractivity contribution in [1.82, 2.24) is 5.32 Å². The Morgan fingerprint density at radius 2 is 1.57 bits per heavy atom. The minimum atomic E-state index is -3.54. The first-order chi connectivity index (χ1) is 10.9. The van der Waals surface area contributed by atoms with E-state index in [-0.39, 0.29) is 12.4 Å². The van der Waals surface area contributed by atoms with E-state index in [1.165, 1.54) is 0 Å². The average Bonchev–Trinajstić information content (AvgIpc) is 2.52. The Labute approximate surface area is 135 Å². The van der Waals surface area contributed by atoms with Gasteiger partial charge in [-0.25, -0.2) is 18.4 Å². The van der Waals surface area contributed by atoms with Crippen LogP contribution in [0.2, 0.25) is 0 Å². The molecule has 0 atom stereocenters. The van der Waals surface area contributed by atoms with Crippen LogP contribution in [-0.4, -0.2) is 14.5 Å². The Kier molecular flexibility index (Phi) is 5.72. The molecule has 0 aliphatic rings. The van der Waals surface area contributed by atoms with Crippen LogP contribution >= 0.6 is 0 Å². The van der Waals surface area contributed by atoms with Gasteiger partial charge in [0.1, 0.15) is 6.61 Å². The summed E-state index contributed by atoms with van der Waals surface area (Å²) < 4.78 is 27.1. The van der Waals surface area contributed by atoms with Crippen molar-refractivity contribution in [3.63, 3.8) is 0 Å². The first-order valence-corrected chi connectivity index (χ1v) is 8.67. The molecule has 2 aromatic rings. The number of primary sulfonamides is 1. The maximum atomic E-state index is 11.6. The largest absolute Gasteiger partial charge is 0.445 e. The number of hydrogen-bond donors (Lipinski definition) is 2. The predicted octanol–water partition coefficient (Wildman–Crippen LogP) is 1.90. The third kappa shape index (κ3) is 6.50. The zero-order valence-corrected chi connectivity index (χ0v) is 13.3. The lowest BCUT2D eigenvalue weighted by atomic mass is 10.1. The normalized spacial score (nSPS) is 11.0. The zero-order valence-electron chi connectivity index (χ0n) is 12.4. The summed E-state index contributed by atoms with van der Waals surface area (Å²) in [6.45, 7) is 0.503. The van der Waals surface area contributed by atoms with E-state index in [9.17, 15) is 13.2 Å². The Balaban J connectivity index is 1.78. The second-order valence-corrected chi connectivity index (χ2v) is 6.65. The summed E-state index contributed by atoms with van der Waals surface area (Å²) in [6, 6.07) is 16.2. The van der Waals surface area contributed by atoms with Crippen molar-refractivity contribution in [2.45, 2.75) is 18.9 Å². The van der Waals surface area contributed by atoms with E-state index in [2.05, 4.69) is 5.32 Å². The fraction of sp³-hybridized carbons (Fsp3) is 0.188. The Morgan fingerprint density at radius 1 is 0.957 bits per heavy atom. The van der Waals surface area contributed by atoms with Crippen LogP contribution in [-0.2, 0) is 33.7 Å². The molecule has 6 nitrogen and oxygen atoms in total. The lowest BCUT2D eigenvalue weighted by Gasteiger charge is -2.08. The van der Waals surface area contributed by atoms with E-state index in [0.717, 1.165) is 11.1 Å². The molecule has 0 aliphatic carbocycles. The van der Waals surface area contributed by atoms with Crippen LogP contribution in [0.4, 0.5) is 4.79 Å². The summed E-state index contributed by atoms with van der Waals surface area (Å²) in [5.41, 5.74) is 2.35. The molecule has 1 amide bonds. The van der Waals surface area contributed by atoms with Crippen LogP contribution in [0.5, 0.6) is 0 Å². The molecule has 0 bridgehead atoms. The maximum absolute atomic E-state index is 11.6. The second-order valence-electron chi connectivity index (χ2n) is 5.04. The van der Waals surface area contributed by atoms with Crippen LogP contribution in [0.3, 0.4) is 0 Å². The summed E-state index contributed by atoms with van der Waals surface area (Å²) in [5, 5.41) is 7.62. The summed E-state index contributed by atoms with van der Waals surface area (Å²) in [5.74, 6) is -0.209. The molecule has 0 spiro atoms. The highest BCUT2D eigenvalue weighted by Gasteiger charge is 2.06. The van der Waals surface area contributed by atoms with Gasteiger partial charge < -0.3 is 10.1 Å². The molecule has 0 heterocycles. The third-order valence-electron chi connectivity index (χ3n) is 3.04. The molecule has 2 rings (SSSR count). The molecule has 122 valence electrons. The SMILES string of the molecule is NS(=O)(=O)Cc1ccc(CNC(=O)OCc2ccccc2)cc1. The smallest absolute Gasteiger partial charge is 0.407 e. The van der Waals surface area contributed by atoms with Gasteiger partial charge in [0.25, 0.3) is 0 Å². The molecule has 3 N–H and O–H groups in total. The first-order valence-electron chi connectivity index (χ1n) is 6.95. The van der Waals surface area contributed by atoms with Gasteiger partial charge in [-0.3, -0.25) is 0 Å². The zero-order chi connectivity index (χ0) is 16.7. The van der Waals surface area contributed by atoms with Gasteiger partial charge in [0.2, 0.25) is 10.0 Å². The molecule has 7 heteroatoms. The molecule has 0 fully saturated rings. The molecule has 23 heavy (non-hydrogen) atoms. The van der Waals surface area contributed by atoms with Crippen molar-refractivity contribution < 1.29 is 17.9 Å². The lowest BCUT2D eigenvalue weighted by Crippen LogP contribution is -2.23. The summed E-state index contributed by atoms with van der Waals surface area (Å²) in [7, 11) is -3.54. The van der Waals surface area contributed by atoms with Crippen molar-refractivity contribution >= 4 is 16.1 Å². The van der Waals surface area contributed by atoms with E-state index in [1.807, 2.05) is 30.3 Å². The Morgan fingerprint density at radius 3 is 2.17 bits per heavy atom. The number of carbonyl (C=O) groups excluding carboxylic acids is 1. The standard InChI is InChI=1S/C16H18N2O4S/c17-23(20,21)12-15-8-6-13(7-9-15)10-18-16(19)22-11-14-4-2-1-3-5-14/h1-9H,10-12H2,(H,18,19)(H2,17,20,21). The molecule has 0 aliphatic heterocycles. The predicted molar refractivity (Wildman–Crippen MR) is 86.7 cm³/mol. The number of sulfonamides is 1. The number of benzene rings is 2. The summed E-state index contributed by atoms with van der Waals surface area (Å²) in [4.78, 5) is 11.6. The number of alkyl carbamates (subject to hydrolysis) is 1. The van der Waals surface area contributed by atoms with Crippen molar-refractivity contribution in [1.29, 1.82) is 0 Å². The highest BCUT2D eigenvalue weighted by molar-refractivity contribution is 7.88. The van der Waals surface area contributed by atoms with Crippen molar-refractivity contribution in [3.05, 3.63) is 71.3 Å². The number of rotatable bonds is 6. The maximum Gasteiger partial charge on any atom is 0.407 e. The van der Waals surface area contributed by atoms with Gasteiger partial charge in [-0.2, -0.15) is 0 Å². The van der Waals surface area contributed by atoms with E-state index in [4.69, 9.17) is 9.88 Å². The van der Waals surface area contributed by atoms with Gasteiger partial charge in [-0.1, -0.05) is 54.6 Å². The van der Waals surface area contributed by atoms with Gasteiger partial charge in [-0.05, 0) is 16.7 Å². The number of nitrogens with one attached hydrogen (secondary N) is 1. The van der Waals surface area contributed by atoms with E-state index in [1.54, 1.807) is 24.3 Å². The quantitative estimate of drug-likeness (QED) is 0.843.